The van der Waals surface area contributed by atoms with Gasteiger partial charge in [0.1, 0.15) is 0 Å². The summed E-state index contributed by atoms with van der Waals surface area (Å²) >= 11 is 4.60. The highest BCUT2D eigenvalue weighted by atomic mass is 32.2. The van der Waals surface area contributed by atoms with Gasteiger partial charge in [0.05, 0.1) is 10.4 Å². The number of unbranched alkanes of at least 4 members (excludes halogenated alkanes) is 9. The number of aromatic nitrogens is 2. The average Bonchev–Trinajstić information content (AvgIpc) is 3.23. The van der Waals surface area contributed by atoms with Crippen LogP contribution in [0.3, 0.4) is 0 Å². The Balaban J connectivity index is 1.62. The standard InChI is InChI=1S/C24H44N2S2/c1-3-5-6-7-8-9-10-11-12-13-15-24(27-20-23(4-2)21-28-24)16-14-18-26-19-17-25-22-26/h17,19,22-23H,3-16,18,20-21H2,1-2H3. The predicted molar refractivity (Wildman–Crippen MR) is 129 cm³/mol. The molecule has 1 aliphatic rings. The molecule has 0 unspecified atom stereocenters. The smallest absolute Gasteiger partial charge is 0.0945 e. The molecule has 0 bridgehead atoms. The summed E-state index contributed by atoms with van der Waals surface area (Å²) in [5.41, 5.74) is 0. The zero-order valence-corrected chi connectivity index (χ0v) is 20.2. The van der Waals surface area contributed by atoms with Gasteiger partial charge in [-0.15, -0.1) is 23.5 Å². The van der Waals surface area contributed by atoms with Crippen molar-refractivity contribution in [3.8, 4) is 0 Å². The van der Waals surface area contributed by atoms with Crippen LogP contribution in [0, 0.1) is 5.92 Å². The van der Waals surface area contributed by atoms with Crippen molar-refractivity contribution < 1.29 is 0 Å². The molecule has 0 N–H and O–H groups in total. The number of hydrogen-bond acceptors (Lipinski definition) is 3. The van der Waals surface area contributed by atoms with E-state index >= 15 is 0 Å². The molecule has 162 valence electrons. The van der Waals surface area contributed by atoms with Crippen LogP contribution in [0.2, 0.25) is 0 Å². The molecule has 2 rings (SSSR count). The Morgan fingerprint density at radius 3 is 2.04 bits per heavy atom. The van der Waals surface area contributed by atoms with Crippen LogP contribution < -0.4 is 0 Å². The molecule has 1 saturated heterocycles. The molecule has 1 aromatic rings. The normalized spacial score (nSPS) is 22.6. The van der Waals surface area contributed by atoms with E-state index in [1.807, 2.05) is 12.5 Å². The summed E-state index contributed by atoms with van der Waals surface area (Å²) in [5, 5.41) is 0. The Bertz CT molecular complexity index is 467. The van der Waals surface area contributed by atoms with E-state index in [0.29, 0.717) is 4.08 Å². The Hall–Kier alpha value is -0.0900. The van der Waals surface area contributed by atoms with Crippen molar-refractivity contribution in [1.29, 1.82) is 0 Å². The van der Waals surface area contributed by atoms with Gasteiger partial charge >= 0.3 is 0 Å². The van der Waals surface area contributed by atoms with Gasteiger partial charge in [-0.2, -0.15) is 0 Å². The molecular weight excluding hydrogens is 380 g/mol. The van der Waals surface area contributed by atoms with E-state index in [9.17, 15) is 0 Å². The number of aryl methyl sites for hydroxylation is 1. The van der Waals surface area contributed by atoms with Crippen LogP contribution in [0.15, 0.2) is 18.7 Å². The largest absolute Gasteiger partial charge is 0.337 e. The Morgan fingerprint density at radius 2 is 1.46 bits per heavy atom. The molecule has 0 saturated carbocycles. The number of thioether (sulfide) groups is 2. The third-order valence-corrected chi connectivity index (χ3v) is 10.0. The molecule has 0 amide bonds. The fourth-order valence-corrected chi connectivity index (χ4v) is 7.94. The van der Waals surface area contributed by atoms with Crippen molar-refractivity contribution in [2.24, 2.45) is 5.92 Å². The first-order chi connectivity index (χ1) is 13.8. The molecule has 0 spiro atoms. The van der Waals surface area contributed by atoms with E-state index in [0.717, 1.165) is 12.5 Å². The highest BCUT2D eigenvalue weighted by Gasteiger charge is 2.35. The summed E-state index contributed by atoms with van der Waals surface area (Å²) in [7, 11) is 0. The predicted octanol–water partition coefficient (Wildman–Crippen LogP) is 8.18. The maximum absolute atomic E-state index is 4.18. The van der Waals surface area contributed by atoms with Crippen LogP contribution in [0.4, 0.5) is 0 Å². The Morgan fingerprint density at radius 1 is 0.857 bits per heavy atom. The van der Waals surface area contributed by atoms with Gasteiger partial charge in [0.25, 0.3) is 0 Å². The number of nitrogens with zero attached hydrogens (tertiary/aromatic N) is 2. The van der Waals surface area contributed by atoms with Crippen LogP contribution >= 0.6 is 23.5 Å². The maximum Gasteiger partial charge on any atom is 0.0945 e. The number of rotatable bonds is 16. The van der Waals surface area contributed by atoms with E-state index in [2.05, 4.69) is 53.1 Å². The van der Waals surface area contributed by atoms with Crippen molar-refractivity contribution in [2.75, 3.05) is 11.5 Å². The SMILES string of the molecule is CCCCCCCCCCCCC1(CCCn2ccnc2)SCC(CC)CS1. The lowest BCUT2D eigenvalue weighted by atomic mass is 10.0. The lowest BCUT2D eigenvalue weighted by molar-refractivity contribution is 0.510. The average molecular weight is 425 g/mol. The first-order valence-corrected chi connectivity index (χ1v) is 14.0. The van der Waals surface area contributed by atoms with Gasteiger partial charge in [0, 0.05) is 18.9 Å². The Labute approximate surface area is 183 Å². The van der Waals surface area contributed by atoms with E-state index in [4.69, 9.17) is 0 Å². The van der Waals surface area contributed by atoms with E-state index in [1.54, 1.807) is 0 Å². The summed E-state index contributed by atoms with van der Waals surface area (Å²) in [6.07, 6.45) is 25.8. The van der Waals surface area contributed by atoms with Crippen LogP contribution in [-0.2, 0) is 6.54 Å². The van der Waals surface area contributed by atoms with Crippen molar-refractivity contribution >= 4 is 23.5 Å². The molecule has 0 aliphatic carbocycles. The van der Waals surface area contributed by atoms with Crippen molar-refractivity contribution in [3.63, 3.8) is 0 Å². The van der Waals surface area contributed by atoms with Gasteiger partial charge in [-0.05, 0) is 36.7 Å². The van der Waals surface area contributed by atoms with Crippen molar-refractivity contribution in [3.05, 3.63) is 18.7 Å². The molecular formula is C24H44N2S2. The molecule has 2 heterocycles. The van der Waals surface area contributed by atoms with Crippen molar-refractivity contribution in [2.45, 2.75) is 114 Å². The minimum atomic E-state index is 0.492. The third kappa shape index (κ3) is 9.61. The molecule has 2 nitrogen and oxygen atoms in total. The lowest BCUT2D eigenvalue weighted by Gasteiger charge is -2.39. The zero-order chi connectivity index (χ0) is 19.9. The zero-order valence-electron chi connectivity index (χ0n) is 18.5. The fourth-order valence-electron chi connectivity index (χ4n) is 4.11. The van der Waals surface area contributed by atoms with Gasteiger partial charge in [-0.3, -0.25) is 0 Å². The molecule has 4 heteroatoms. The second-order valence-electron chi connectivity index (χ2n) is 8.64. The van der Waals surface area contributed by atoms with Gasteiger partial charge in [0.15, 0.2) is 0 Å². The van der Waals surface area contributed by atoms with E-state index in [1.165, 1.54) is 101 Å². The topological polar surface area (TPSA) is 17.8 Å². The molecule has 1 aliphatic heterocycles. The fraction of sp³-hybridized carbons (Fsp3) is 0.875. The van der Waals surface area contributed by atoms with Crippen LogP contribution in [0.5, 0.6) is 0 Å². The monoisotopic (exact) mass is 424 g/mol. The molecule has 1 aromatic heterocycles. The molecule has 0 aromatic carbocycles. The maximum atomic E-state index is 4.18. The highest BCUT2D eigenvalue weighted by molar-refractivity contribution is 8.18. The summed E-state index contributed by atoms with van der Waals surface area (Å²) in [5.74, 6) is 3.70. The second-order valence-corrected chi connectivity index (χ2v) is 11.7. The number of hydrogen-bond donors (Lipinski definition) is 0. The quantitative estimate of drug-likeness (QED) is 0.249. The summed E-state index contributed by atoms with van der Waals surface area (Å²) in [6, 6.07) is 0. The molecule has 0 radical (unpaired) electrons. The van der Waals surface area contributed by atoms with Crippen LogP contribution in [0.25, 0.3) is 0 Å². The summed E-state index contributed by atoms with van der Waals surface area (Å²) in [4.78, 5) is 4.18. The van der Waals surface area contributed by atoms with E-state index < -0.39 is 0 Å². The number of imidazole rings is 1. The van der Waals surface area contributed by atoms with Gasteiger partial charge in [0.2, 0.25) is 0 Å². The summed E-state index contributed by atoms with van der Waals surface area (Å²) < 4.78 is 2.73. The van der Waals surface area contributed by atoms with Gasteiger partial charge < -0.3 is 4.57 Å². The third-order valence-electron chi connectivity index (χ3n) is 6.19. The minimum Gasteiger partial charge on any atom is -0.337 e. The Kier molecular flexibility index (Phi) is 12.8. The van der Waals surface area contributed by atoms with Crippen molar-refractivity contribution in [1.82, 2.24) is 9.55 Å². The first kappa shape index (κ1) is 24.2. The molecule has 0 atom stereocenters. The lowest BCUT2D eigenvalue weighted by Crippen LogP contribution is -2.29. The van der Waals surface area contributed by atoms with Crippen LogP contribution in [-0.4, -0.2) is 25.1 Å². The molecule has 1 fully saturated rings. The van der Waals surface area contributed by atoms with Gasteiger partial charge in [-0.25, -0.2) is 4.98 Å². The highest BCUT2D eigenvalue weighted by Crippen LogP contribution is 2.50. The first-order valence-electron chi connectivity index (χ1n) is 12.0. The molecule has 28 heavy (non-hydrogen) atoms. The van der Waals surface area contributed by atoms with Crippen LogP contribution in [0.1, 0.15) is 104 Å². The minimum absolute atomic E-state index is 0.492. The summed E-state index contributed by atoms with van der Waals surface area (Å²) in [6.45, 7) is 5.79. The van der Waals surface area contributed by atoms with Gasteiger partial charge in [-0.1, -0.05) is 84.5 Å². The van der Waals surface area contributed by atoms with E-state index in [-0.39, 0.29) is 0 Å². The second kappa shape index (κ2) is 14.8.